The van der Waals surface area contributed by atoms with Crippen molar-refractivity contribution >= 4 is 11.8 Å². The van der Waals surface area contributed by atoms with Crippen LogP contribution in [0.25, 0.3) is 0 Å². The summed E-state index contributed by atoms with van der Waals surface area (Å²) in [5.74, 6) is 0.491. The second-order valence-electron chi connectivity index (χ2n) is 6.54. The van der Waals surface area contributed by atoms with Gasteiger partial charge in [-0.15, -0.1) is 0 Å². The van der Waals surface area contributed by atoms with Gasteiger partial charge in [-0.05, 0) is 38.8 Å². The second kappa shape index (κ2) is 6.74. The molecule has 2 aliphatic heterocycles. The van der Waals surface area contributed by atoms with Crippen LogP contribution < -0.4 is 0 Å². The molecule has 3 rings (SSSR count). The largest absolute Gasteiger partial charge is 0.459 e. The molecule has 2 fully saturated rings. The van der Waals surface area contributed by atoms with Gasteiger partial charge in [0.05, 0.1) is 18.5 Å². The van der Waals surface area contributed by atoms with E-state index in [1.54, 1.807) is 17.0 Å². The minimum absolute atomic E-state index is 0.00755. The first kappa shape index (κ1) is 16.1. The number of hydrogen-bond donors (Lipinski definition) is 0. The standard InChI is InChI=1S/C17H24N2O4/c1-12-10-19(11-13(2)23-12)16(20)14-5-7-18(8-6-14)17(21)15-4-3-9-22-15/h3-4,9,12-14H,5-8,10-11H2,1-2H3/t12-,13-/m0/s1. The van der Waals surface area contributed by atoms with Crippen LogP contribution in [0.4, 0.5) is 0 Å². The van der Waals surface area contributed by atoms with E-state index in [1.165, 1.54) is 6.26 Å². The van der Waals surface area contributed by atoms with Crippen molar-refractivity contribution in [3.05, 3.63) is 24.2 Å². The Kier molecular flexibility index (Phi) is 4.71. The monoisotopic (exact) mass is 320 g/mol. The van der Waals surface area contributed by atoms with Crippen LogP contribution in [-0.2, 0) is 9.53 Å². The maximum atomic E-state index is 12.7. The lowest BCUT2D eigenvalue weighted by Crippen LogP contribution is -2.51. The van der Waals surface area contributed by atoms with E-state index < -0.39 is 0 Å². The van der Waals surface area contributed by atoms with Crippen molar-refractivity contribution in [1.82, 2.24) is 9.80 Å². The van der Waals surface area contributed by atoms with Crippen LogP contribution in [0.2, 0.25) is 0 Å². The van der Waals surface area contributed by atoms with E-state index in [9.17, 15) is 9.59 Å². The number of morpholine rings is 1. The van der Waals surface area contributed by atoms with Crippen molar-refractivity contribution in [2.24, 2.45) is 5.92 Å². The number of furan rings is 1. The minimum Gasteiger partial charge on any atom is -0.459 e. The average molecular weight is 320 g/mol. The van der Waals surface area contributed by atoms with Gasteiger partial charge in [0.15, 0.2) is 5.76 Å². The zero-order valence-electron chi connectivity index (χ0n) is 13.7. The van der Waals surface area contributed by atoms with Crippen molar-refractivity contribution < 1.29 is 18.7 Å². The predicted octanol–water partition coefficient (Wildman–Crippen LogP) is 1.77. The molecule has 0 radical (unpaired) electrons. The summed E-state index contributed by atoms with van der Waals surface area (Å²) in [6.45, 7) is 6.53. The van der Waals surface area contributed by atoms with Crippen LogP contribution in [0.15, 0.2) is 22.8 Å². The topological polar surface area (TPSA) is 63.0 Å². The normalized spacial score (nSPS) is 26.3. The average Bonchev–Trinajstić information content (AvgIpc) is 3.07. The lowest BCUT2D eigenvalue weighted by Gasteiger charge is -2.39. The van der Waals surface area contributed by atoms with Gasteiger partial charge in [0, 0.05) is 32.1 Å². The molecular formula is C17H24N2O4. The molecule has 0 spiro atoms. The van der Waals surface area contributed by atoms with Crippen molar-refractivity contribution in [1.29, 1.82) is 0 Å². The summed E-state index contributed by atoms with van der Waals surface area (Å²) in [6, 6.07) is 3.39. The van der Waals surface area contributed by atoms with Gasteiger partial charge in [0.1, 0.15) is 0 Å². The Morgan fingerprint density at radius 2 is 1.74 bits per heavy atom. The molecule has 0 aromatic carbocycles. The Labute approximate surface area is 136 Å². The SMILES string of the molecule is C[C@H]1CN(C(=O)C2CCN(C(=O)c3ccco3)CC2)C[C@H](C)O1. The number of carbonyl (C=O) groups excluding carboxylic acids is 2. The van der Waals surface area contributed by atoms with Gasteiger partial charge >= 0.3 is 0 Å². The second-order valence-corrected chi connectivity index (χ2v) is 6.54. The van der Waals surface area contributed by atoms with Crippen LogP contribution in [0.3, 0.4) is 0 Å². The van der Waals surface area contributed by atoms with E-state index in [-0.39, 0.29) is 29.9 Å². The zero-order valence-corrected chi connectivity index (χ0v) is 13.7. The summed E-state index contributed by atoms with van der Waals surface area (Å²) in [6.07, 6.45) is 3.10. The molecule has 2 saturated heterocycles. The molecule has 1 aromatic rings. The predicted molar refractivity (Wildman–Crippen MR) is 83.9 cm³/mol. The first-order valence-corrected chi connectivity index (χ1v) is 8.31. The quantitative estimate of drug-likeness (QED) is 0.833. The highest BCUT2D eigenvalue weighted by Crippen LogP contribution is 2.23. The highest BCUT2D eigenvalue weighted by atomic mass is 16.5. The van der Waals surface area contributed by atoms with Crippen molar-refractivity contribution in [2.45, 2.75) is 38.9 Å². The van der Waals surface area contributed by atoms with Gasteiger partial charge in [-0.3, -0.25) is 9.59 Å². The van der Waals surface area contributed by atoms with Crippen molar-refractivity contribution in [2.75, 3.05) is 26.2 Å². The third-order valence-corrected chi connectivity index (χ3v) is 4.59. The third kappa shape index (κ3) is 3.58. The molecule has 2 aliphatic rings. The number of amides is 2. The van der Waals surface area contributed by atoms with Gasteiger partial charge in [0.2, 0.25) is 5.91 Å². The zero-order chi connectivity index (χ0) is 16.4. The molecule has 2 amide bonds. The lowest BCUT2D eigenvalue weighted by molar-refractivity contribution is -0.148. The molecule has 23 heavy (non-hydrogen) atoms. The summed E-state index contributed by atoms with van der Waals surface area (Å²) in [4.78, 5) is 28.6. The fraction of sp³-hybridized carbons (Fsp3) is 0.647. The molecule has 0 saturated carbocycles. The molecule has 2 atom stereocenters. The molecule has 6 nitrogen and oxygen atoms in total. The molecule has 1 aromatic heterocycles. The smallest absolute Gasteiger partial charge is 0.289 e. The highest BCUT2D eigenvalue weighted by Gasteiger charge is 2.34. The van der Waals surface area contributed by atoms with E-state index in [0.29, 0.717) is 44.8 Å². The van der Waals surface area contributed by atoms with Crippen LogP contribution in [-0.4, -0.2) is 60.0 Å². The Balaban J connectivity index is 1.54. The maximum Gasteiger partial charge on any atom is 0.289 e. The Hall–Kier alpha value is -1.82. The fourth-order valence-corrected chi connectivity index (χ4v) is 3.50. The number of rotatable bonds is 2. The number of ether oxygens (including phenoxy) is 1. The number of likely N-dealkylation sites (tertiary alicyclic amines) is 1. The van der Waals surface area contributed by atoms with Crippen LogP contribution in [0.5, 0.6) is 0 Å². The van der Waals surface area contributed by atoms with Crippen molar-refractivity contribution in [3.63, 3.8) is 0 Å². The summed E-state index contributed by atoms with van der Waals surface area (Å²) < 4.78 is 10.8. The van der Waals surface area contributed by atoms with E-state index in [2.05, 4.69) is 0 Å². The third-order valence-electron chi connectivity index (χ3n) is 4.59. The summed E-state index contributed by atoms with van der Waals surface area (Å²) in [5.41, 5.74) is 0. The van der Waals surface area contributed by atoms with Gasteiger partial charge in [-0.2, -0.15) is 0 Å². The number of hydrogen-bond acceptors (Lipinski definition) is 4. The van der Waals surface area contributed by atoms with Crippen LogP contribution in [0.1, 0.15) is 37.2 Å². The molecule has 0 aliphatic carbocycles. The molecule has 0 N–H and O–H groups in total. The molecule has 0 bridgehead atoms. The Bertz CT molecular complexity index is 539. The molecule has 6 heteroatoms. The Morgan fingerprint density at radius 3 is 2.30 bits per heavy atom. The van der Waals surface area contributed by atoms with E-state index in [4.69, 9.17) is 9.15 Å². The van der Waals surface area contributed by atoms with Gasteiger partial charge in [-0.25, -0.2) is 0 Å². The summed E-state index contributed by atoms with van der Waals surface area (Å²) in [7, 11) is 0. The van der Waals surface area contributed by atoms with Crippen LogP contribution >= 0.6 is 0 Å². The fourth-order valence-electron chi connectivity index (χ4n) is 3.50. The van der Waals surface area contributed by atoms with E-state index in [0.717, 1.165) is 0 Å². The summed E-state index contributed by atoms with van der Waals surface area (Å²) in [5, 5.41) is 0. The number of carbonyl (C=O) groups is 2. The Morgan fingerprint density at radius 1 is 1.09 bits per heavy atom. The summed E-state index contributed by atoms with van der Waals surface area (Å²) >= 11 is 0. The van der Waals surface area contributed by atoms with Gasteiger partial charge in [0.25, 0.3) is 5.91 Å². The highest BCUT2D eigenvalue weighted by molar-refractivity contribution is 5.91. The van der Waals surface area contributed by atoms with Gasteiger partial charge in [-0.1, -0.05) is 0 Å². The van der Waals surface area contributed by atoms with Gasteiger partial charge < -0.3 is 19.0 Å². The van der Waals surface area contributed by atoms with Crippen LogP contribution in [0, 0.1) is 5.92 Å². The minimum atomic E-state index is -0.0884. The lowest BCUT2D eigenvalue weighted by atomic mass is 9.94. The van der Waals surface area contributed by atoms with Crippen molar-refractivity contribution in [3.8, 4) is 0 Å². The number of nitrogens with zero attached hydrogens (tertiary/aromatic N) is 2. The first-order valence-electron chi connectivity index (χ1n) is 8.31. The van der Waals surface area contributed by atoms with E-state index >= 15 is 0 Å². The first-order chi connectivity index (χ1) is 11.0. The van der Waals surface area contributed by atoms with E-state index in [1.807, 2.05) is 18.7 Å². The maximum absolute atomic E-state index is 12.7. The molecule has 3 heterocycles. The molecule has 0 unspecified atom stereocenters. The number of piperidine rings is 1. The molecular weight excluding hydrogens is 296 g/mol. The molecule has 126 valence electrons.